The Bertz CT molecular complexity index is 125. The van der Waals surface area contributed by atoms with Gasteiger partial charge in [0.2, 0.25) is 0 Å². The van der Waals surface area contributed by atoms with Gasteiger partial charge in [0.15, 0.2) is 0 Å². The van der Waals surface area contributed by atoms with Gasteiger partial charge in [-0.15, -0.1) is 13.2 Å². The molecule has 0 fully saturated rings. The van der Waals surface area contributed by atoms with Crippen LogP contribution in [0, 0.1) is 0 Å². The first-order valence-corrected chi connectivity index (χ1v) is 2.85. The van der Waals surface area contributed by atoms with Gasteiger partial charge in [-0.05, 0) is 6.42 Å². The van der Waals surface area contributed by atoms with E-state index >= 15 is 0 Å². The zero-order chi connectivity index (χ0) is 8.91. The maximum Gasteiger partial charge on any atom is 0.487 e. The summed E-state index contributed by atoms with van der Waals surface area (Å²) in [6.07, 6.45) is -4.06. The summed E-state index contributed by atoms with van der Waals surface area (Å²) in [6, 6.07) is 0. The molecule has 11 heavy (non-hydrogen) atoms. The molecule has 0 aromatic carbocycles. The molecule has 0 bridgehead atoms. The van der Waals surface area contributed by atoms with Crippen LogP contribution in [0.25, 0.3) is 0 Å². The number of aliphatic hydroxyl groups excluding tert-OH is 1. The molecule has 0 atom stereocenters. The van der Waals surface area contributed by atoms with Crippen LogP contribution in [0.15, 0.2) is 0 Å². The Morgan fingerprint density at radius 1 is 1.45 bits per heavy atom. The molecule has 0 spiro atoms. The highest BCUT2D eigenvalue weighted by Crippen LogP contribution is 2.18. The fraction of sp³-hybridized carbons (Fsp3) is 0.800. The molecule has 0 unspecified atom stereocenters. The van der Waals surface area contributed by atoms with E-state index in [1.165, 1.54) is 0 Å². The summed E-state index contributed by atoms with van der Waals surface area (Å²) in [7, 11) is 0. The first-order chi connectivity index (χ1) is 5.02. The van der Waals surface area contributed by atoms with Crippen LogP contribution in [0.1, 0.15) is 6.42 Å². The second-order valence-corrected chi connectivity index (χ2v) is 1.79. The fourth-order valence-electron chi connectivity index (χ4n) is 0.453. The first-order valence-electron chi connectivity index (χ1n) is 2.85. The normalized spacial score (nSPS) is 11.3. The van der Waals surface area contributed by atoms with E-state index in [2.05, 4.69) is 0 Å². The monoisotopic (exact) mass is 170 g/mol. The van der Waals surface area contributed by atoms with Gasteiger partial charge in [0.1, 0.15) is 0 Å². The third-order valence-corrected chi connectivity index (χ3v) is 0.956. The summed E-state index contributed by atoms with van der Waals surface area (Å²) in [5.74, 6) is 0. The van der Waals surface area contributed by atoms with E-state index in [-0.39, 0.29) is 13.0 Å². The molecular weight excluding hydrogens is 163 g/mol. The zero-order valence-electron chi connectivity index (χ0n) is 5.56. The van der Waals surface area contributed by atoms with Crippen LogP contribution in [0.2, 0.25) is 0 Å². The number of aliphatic hydroxyl groups is 1. The Morgan fingerprint density at radius 2 is 2.00 bits per heavy atom. The Labute approximate surface area is 61.4 Å². The minimum atomic E-state index is -4.68. The molecule has 1 N–H and O–H groups in total. The van der Waals surface area contributed by atoms with E-state index in [0.717, 1.165) is 6.41 Å². The molecule has 6 heteroatoms. The van der Waals surface area contributed by atoms with E-state index in [1.54, 1.807) is 0 Å². The van der Waals surface area contributed by atoms with Crippen LogP contribution >= 0.6 is 0 Å². The lowest BCUT2D eigenvalue weighted by molar-refractivity contribution is -0.218. The summed E-state index contributed by atoms with van der Waals surface area (Å²) >= 11 is 0. The summed E-state index contributed by atoms with van der Waals surface area (Å²) in [4.78, 5) is 9.22. The first kappa shape index (κ1) is 10.2. The molecule has 0 aliphatic heterocycles. The lowest BCUT2D eigenvalue weighted by atomic mass is 10.4. The number of carbonyl (C=O) groups excluding carboxylic acids is 1. The predicted molar refractivity (Wildman–Crippen MR) is 30.2 cm³/mol. The van der Waals surface area contributed by atoms with Crippen LogP contribution in [0.4, 0.5) is 13.2 Å². The number of amides is 1. The third-order valence-electron chi connectivity index (χ3n) is 0.956. The van der Waals surface area contributed by atoms with E-state index in [4.69, 9.17) is 5.11 Å². The van der Waals surface area contributed by atoms with Gasteiger partial charge in [0.25, 0.3) is 0 Å². The van der Waals surface area contributed by atoms with E-state index in [1.807, 2.05) is 0 Å². The van der Waals surface area contributed by atoms with Gasteiger partial charge < -0.3 is 5.11 Å². The second kappa shape index (κ2) is 4.17. The quantitative estimate of drug-likeness (QED) is 0.485. The van der Waals surface area contributed by atoms with Crippen molar-refractivity contribution in [1.82, 2.24) is 4.90 Å². The molecule has 0 saturated carbocycles. The van der Waals surface area contributed by atoms with Crippen molar-refractivity contribution in [3.63, 3.8) is 0 Å². The molecule has 0 aliphatic rings. The molecule has 3 nitrogen and oxygen atoms in total. The van der Waals surface area contributed by atoms with Crippen molar-refractivity contribution in [2.75, 3.05) is 13.2 Å². The van der Waals surface area contributed by atoms with Gasteiger partial charge in [-0.3, -0.25) is 4.79 Å². The molecule has 0 saturated heterocycles. The smallest absolute Gasteiger partial charge is 0.396 e. The lowest BCUT2D eigenvalue weighted by Crippen LogP contribution is -2.37. The average molecular weight is 170 g/mol. The van der Waals surface area contributed by atoms with Crippen molar-refractivity contribution in [3.8, 4) is 0 Å². The molecule has 0 rings (SSSR count). The van der Waals surface area contributed by atoms with Crippen molar-refractivity contribution >= 4 is 6.41 Å². The maximum atomic E-state index is 11.6. The molecule has 1 radical (unpaired) electrons. The topological polar surface area (TPSA) is 40.5 Å². The fourth-order valence-corrected chi connectivity index (χ4v) is 0.453. The van der Waals surface area contributed by atoms with Crippen LogP contribution in [0.3, 0.4) is 0 Å². The Balaban J connectivity index is 3.86. The highest BCUT2D eigenvalue weighted by atomic mass is 19.4. The van der Waals surface area contributed by atoms with Crippen LogP contribution in [-0.2, 0) is 4.79 Å². The van der Waals surface area contributed by atoms with E-state index < -0.39 is 17.7 Å². The summed E-state index contributed by atoms with van der Waals surface area (Å²) in [5.41, 5.74) is 0. The number of nitrogens with zero attached hydrogens (tertiary/aromatic N) is 1. The van der Waals surface area contributed by atoms with Crippen LogP contribution in [-0.4, -0.2) is 35.9 Å². The molecule has 0 heterocycles. The van der Waals surface area contributed by atoms with Gasteiger partial charge in [0, 0.05) is 13.2 Å². The Hall–Kier alpha value is -0.780. The molecule has 0 aromatic rings. The van der Waals surface area contributed by atoms with Crippen molar-refractivity contribution in [3.05, 3.63) is 0 Å². The summed E-state index contributed by atoms with van der Waals surface area (Å²) in [5, 5.41) is 8.15. The van der Waals surface area contributed by atoms with Crippen molar-refractivity contribution in [2.45, 2.75) is 12.7 Å². The molecular formula is C5H7F3NO2. The summed E-state index contributed by atoms with van der Waals surface area (Å²) < 4.78 is 34.9. The number of alkyl halides is 3. The van der Waals surface area contributed by atoms with Gasteiger partial charge in [-0.25, -0.2) is 4.90 Å². The SMILES string of the molecule is O=[C]N(CCCO)C(F)(F)F. The van der Waals surface area contributed by atoms with E-state index in [9.17, 15) is 18.0 Å². The van der Waals surface area contributed by atoms with Gasteiger partial charge in [-0.1, -0.05) is 0 Å². The third kappa shape index (κ3) is 3.82. The standard InChI is InChI=1S/C5H7F3NO2/c6-5(7,8)9(4-11)2-1-3-10/h10H,1-3H2. The summed E-state index contributed by atoms with van der Waals surface area (Å²) in [6.45, 7) is -0.933. The van der Waals surface area contributed by atoms with E-state index in [0.29, 0.717) is 0 Å². The van der Waals surface area contributed by atoms with Crippen molar-refractivity contribution in [1.29, 1.82) is 0 Å². The van der Waals surface area contributed by atoms with Crippen LogP contribution in [0.5, 0.6) is 0 Å². The molecule has 65 valence electrons. The van der Waals surface area contributed by atoms with Crippen molar-refractivity contribution in [2.24, 2.45) is 0 Å². The number of rotatable bonds is 4. The Kier molecular flexibility index (Phi) is 3.88. The van der Waals surface area contributed by atoms with Gasteiger partial charge >= 0.3 is 12.7 Å². The number of hydrogen-bond acceptors (Lipinski definition) is 2. The number of halogens is 3. The molecule has 1 amide bonds. The predicted octanol–water partition coefficient (Wildman–Crippen LogP) is 0.258. The van der Waals surface area contributed by atoms with Gasteiger partial charge in [-0.2, -0.15) is 0 Å². The highest BCUT2D eigenvalue weighted by molar-refractivity contribution is 5.48. The van der Waals surface area contributed by atoms with Gasteiger partial charge in [0.05, 0.1) is 0 Å². The molecule has 0 aromatic heterocycles. The Morgan fingerprint density at radius 3 is 2.27 bits per heavy atom. The maximum absolute atomic E-state index is 11.6. The highest BCUT2D eigenvalue weighted by Gasteiger charge is 2.36. The van der Waals surface area contributed by atoms with Crippen LogP contribution < -0.4 is 0 Å². The average Bonchev–Trinajstić information content (AvgIpc) is 1.87. The number of hydrogen-bond donors (Lipinski definition) is 1. The second-order valence-electron chi connectivity index (χ2n) is 1.79. The minimum absolute atomic E-state index is 0.102. The van der Waals surface area contributed by atoms with Crippen molar-refractivity contribution < 1.29 is 23.1 Å². The zero-order valence-corrected chi connectivity index (χ0v) is 5.56. The largest absolute Gasteiger partial charge is 0.487 e. The minimum Gasteiger partial charge on any atom is -0.396 e. The lowest BCUT2D eigenvalue weighted by Gasteiger charge is -2.17. The molecule has 0 aliphatic carbocycles.